The summed E-state index contributed by atoms with van der Waals surface area (Å²) in [6.45, 7) is 6.09. The lowest BCUT2D eigenvalue weighted by Crippen LogP contribution is -2.56. The molecule has 112 valence electrons. The molecule has 2 rings (SSSR count). The van der Waals surface area contributed by atoms with Gasteiger partial charge >= 0.3 is 0 Å². The molecule has 1 fully saturated rings. The van der Waals surface area contributed by atoms with Crippen LogP contribution in [0, 0.1) is 5.82 Å². The first-order valence-electron chi connectivity index (χ1n) is 7.77. The van der Waals surface area contributed by atoms with Crippen molar-refractivity contribution >= 4 is 0 Å². The van der Waals surface area contributed by atoms with E-state index in [1.54, 1.807) is 6.07 Å². The van der Waals surface area contributed by atoms with Crippen LogP contribution in [0.25, 0.3) is 0 Å². The topological polar surface area (TPSA) is 29.3 Å². The van der Waals surface area contributed by atoms with E-state index in [2.05, 4.69) is 18.7 Å². The predicted octanol–water partition coefficient (Wildman–Crippen LogP) is 3.35. The van der Waals surface area contributed by atoms with Crippen molar-refractivity contribution in [3.8, 4) is 0 Å². The second-order valence-corrected chi connectivity index (χ2v) is 6.36. The van der Waals surface area contributed by atoms with Crippen LogP contribution in [-0.4, -0.2) is 29.6 Å². The zero-order valence-electron chi connectivity index (χ0n) is 12.7. The number of nitrogens with two attached hydrogens (primary N) is 1. The number of benzene rings is 1. The first-order valence-corrected chi connectivity index (χ1v) is 7.77. The molecule has 1 aliphatic heterocycles. The molecule has 1 saturated heterocycles. The second-order valence-electron chi connectivity index (χ2n) is 6.36. The van der Waals surface area contributed by atoms with E-state index >= 15 is 0 Å². The Morgan fingerprint density at radius 2 is 2.05 bits per heavy atom. The van der Waals surface area contributed by atoms with Gasteiger partial charge in [-0.25, -0.2) is 4.39 Å². The van der Waals surface area contributed by atoms with Crippen molar-refractivity contribution < 1.29 is 4.39 Å². The van der Waals surface area contributed by atoms with E-state index in [-0.39, 0.29) is 11.4 Å². The summed E-state index contributed by atoms with van der Waals surface area (Å²) in [4.78, 5) is 2.51. The van der Waals surface area contributed by atoms with Crippen molar-refractivity contribution in [1.29, 1.82) is 0 Å². The summed E-state index contributed by atoms with van der Waals surface area (Å²) < 4.78 is 13.9. The van der Waals surface area contributed by atoms with Gasteiger partial charge in [0.2, 0.25) is 0 Å². The molecule has 2 N–H and O–H groups in total. The summed E-state index contributed by atoms with van der Waals surface area (Å²) in [6.07, 6.45) is 5.70. The molecule has 1 aromatic carbocycles. The lowest BCUT2D eigenvalue weighted by Gasteiger charge is -2.44. The summed E-state index contributed by atoms with van der Waals surface area (Å²) in [7, 11) is 0. The van der Waals surface area contributed by atoms with Crippen LogP contribution in [0.1, 0.15) is 45.1 Å². The lowest BCUT2D eigenvalue weighted by atomic mass is 9.89. The van der Waals surface area contributed by atoms with Crippen molar-refractivity contribution in [2.24, 2.45) is 5.73 Å². The van der Waals surface area contributed by atoms with E-state index in [0.717, 1.165) is 12.1 Å². The van der Waals surface area contributed by atoms with Gasteiger partial charge in [-0.3, -0.25) is 4.90 Å². The standard InChI is InChI=1S/C17H27FN2/c1-14-8-4-3-7-11-20(14)17(2,13-19)12-15-9-5-6-10-16(15)18/h5-6,9-10,14H,3-4,7-8,11-13,19H2,1-2H3. The smallest absolute Gasteiger partial charge is 0.126 e. The molecule has 2 atom stereocenters. The molecule has 1 heterocycles. The Kier molecular flexibility index (Phi) is 5.17. The first-order chi connectivity index (χ1) is 9.57. The third-order valence-electron chi connectivity index (χ3n) is 4.72. The fourth-order valence-electron chi connectivity index (χ4n) is 3.42. The number of nitrogens with zero attached hydrogens (tertiary/aromatic N) is 1. The zero-order chi connectivity index (χ0) is 14.6. The number of likely N-dealkylation sites (tertiary alicyclic amines) is 1. The maximum absolute atomic E-state index is 13.9. The van der Waals surface area contributed by atoms with E-state index < -0.39 is 0 Å². The highest BCUT2D eigenvalue weighted by atomic mass is 19.1. The highest BCUT2D eigenvalue weighted by Crippen LogP contribution is 2.28. The molecule has 2 unspecified atom stereocenters. The molecule has 0 aromatic heterocycles. The van der Waals surface area contributed by atoms with Crippen LogP contribution in [0.3, 0.4) is 0 Å². The summed E-state index contributed by atoms with van der Waals surface area (Å²) in [5, 5.41) is 0. The third kappa shape index (κ3) is 3.39. The van der Waals surface area contributed by atoms with Crippen LogP contribution in [0.2, 0.25) is 0 Å². The van der Waals surface area contributed by atoms with Crippen LogP contribution in [0.4, 0.5) is 4.39 Å². The molecular formula is C17H27FN2. The Bertz CT molecular complexity index is 435. The van der Waals surface area contributed by atoms with Gasteiger partial charge in [0.05, 0.1) is 0 Å². The van der Waals surface area contributed by atoms with Gasteiger partial charge in [-0.1, -0.05) is 31.0 Å². The zero-order valence-corrected chi connectivity index (χ0v) is 12.7. The van der Waals surface area contributed by atoms with E-state index in [0.29, 0.717) is 19.0 Å². The average Bonchev–Trinajstić information content (AvgIpc) is 2.66. The molecule has 0 spiro atoms. The molecule has 0 aliphatic carbocycles. The van der Waals surface area contributed by atoms with Gasteiger partial charge in [0, 0.05) is 18.1 Å². The maximum Gasteiger partial charge on any atom is 0.126 e. The largest absolute Gasteiger partial charge is 0.329 e. The number of hydrogen-bond donors (Lipinski definition) is 1. The van der Waals surface area contributed by atoms with Crippen LogP contribution in [0.5, 0.6) is 0 Å². The predicted molar refractivity (Wildman–Crippen MR) is 82.2 cm³/mol. The van der Waals surface area contributed by atoms with Crippen molar-refractivity contribution in [1.82, 2.24) is 4.90 Å². The minimum absolute atomic E-state index is 0.116. The highest BCUT2D eigenvalue weighted by Gasteiger charge is 2.34. The van der Waals surface area contributed by atoms with Gasteiger partial charge < -0.3 is 5.73 Å². The number of halogens is 1. The van der Waals surface area contributed by atoms with Crippen LogP contribution >= 0.6 is 0 Å². The highest BCUT2D eigenvalue weighted by molar-refractivity contribution is 5.20. The summed E-state index contributed by atoms with van der Waals surface area (Å²) in [6, 6.07) is 7.59. The molecule has 1 aliphatic rings. The van der Waals surface area contributed by atoms with E-state index in [1.165, 1.54) is 31.7 Å². The lowest BCUT2D eigenvalue weighted by molar-refractivity contribution is 0.0705. The summed E-state index contributed by atoms with van der Waals surface area (Å²) >= 11 is 0. The van der Waals surface area contributed by atoms with Gasteiger partial charge in [-0.05, 0) is 51.3 Å². The molecule has 0 amide bonds. The Labute approximate surface area is 122 Å². The van der Waals surface area contributed by atoms with Crippen LogP contribution in [0.15, 0.2) is 24.3 Å². The Morgan fingerprint density at radius 1 is 1.30 bits per heavy atom. The van der Waals surface area contributed by atoms with Gasteiger partial charge in [0.25, 0.3) is 0 Å². The van der Waals surface area contributed by atoms with Crippen molar-refractivity contribution in [2.45, 2.75) is 57.5 Å². The molecule has 3 heteroatoms. The van der Waals surface area contributed by atoms with Gasteiger partial charge in [-0.15, -0.1) is 0 Å². The Morgan fingerprint density at radius 3 is 2.75 bits per heavy atom. The van der Waals surface area contributed by atoms with E-state index in [4.69, 9.17) is 5.73 Å². The molecule has 1 aromatic rings. The fraction of sp³-hybridized carbons (Fsp3) is 0.647. The number of rotatable bonds is 4. The van der Waals surface area contributed by atoms with E-state index in [1.807, 2.05) is 12.1 Å². The normalized spacial score (nSPS) is 24.1. The number of hydrogen-bond acceptors (Lipinski definition) is 2. The van der Waals surface area contributed by atoms with Crippen molar-refractivity contribution in [2.75, 3.05) is 13.1 Å². The van der Waals surface area contributed by atoms with E-state index in [9.17, 15) is 4.39 Å². The molecule has 2 nitrogen and oxygen atoms in total. The quantitative estimate of drug-likeness (QED) is 0.915. The third-order valence-corrected chi connectivity index (χ3v) is 4.72. The van der Waals surface area contributed by atoms with Crippen molar-refractivity contribution in [3.05, 3.63) is 35.6 Å². The van der Waals surface area contributed by atoms with Crippen molar-refractivity contribution in [3.63, 3.8) is 0 Å². The van der Waals surface area contributed by atoms with Gasteiger partial charge in [-0.2, -0.15) is 0 Å². The minimum atomic E-state index is -0.161. The van der Waals surface area contributed by atoms with Crippen LogP contribution in [-0.2, 0) is 6.42 Å². The Balaban J connectivity index is 2.21. The van der Waals surface area contributed by atoms with Gasteiger partial charge in [0.15, 0.2) is 0 Å². The summed E-state index contributed by atoms with van der Waals surface area (Å²) in [5.41, 5.74) is 6.70. The molecule has 0 bridgehead atoms. The van der Waals surface area contributed by atoms with Gasteiger partial charge in [0.1, 0.15) is 5.82 Å². The molecular weight excluding hydrogens is 251 g/mol. The fourth-order valence-corrected chi connectivity index (χ4v) is 3.42. The minimum Gasteiger partial charge on any atom is -0.329 e. The first kappa shape index (κ1) is 15.5. The summed E-state index contributed by atoms with van der Waals surface area (Å²) in [5.74, 6) is -0.116. The monoisotopic (exact) mass is 278 g/mol. The molecule has 20 heavy (non-hydrogen) atoms. The second kappa shape index (κ2) is 6.68. The average molecular weight is 278 g/mol. The van der Waals surface area contributed by atoms with Crippen LogP contribution < -0.4 is 5.73 Å². The maximum atomic E-state index is 13.9. The molecule has 0 radical (unpaired) electrons. The Hall–Kier alpha value is -0.930. The SMILES string of the molecule is CC1CCCCCN1C(C)(CN)Cc1ccccc1F. The molecule has 0 saturated carbocycles.